The topological polar surface area (TPSA) is 43.4 Å². The summed E-state index contributed by atoms with van der Waals surface area (Å²) < 4.78 is 5.14. The summed E-state index contributed by atoms with van der Waals surface area (Å²) in [6.45, 7) is 3.50. The number of carbonyl (C=O) groups excluding carboxylic acids is 2. The number of ketones is 1. The minimum absolute atomic E-state index is 0.232. The third kappa shape index (κ3) is 4.80. The fourth-order valence-corrected chi connectivity index (χ4v) is 2.19. The maximum atomic E-state index is 12.2. The number of Topliss-reactive ketones (excluding diaryl/α,β-unsaturated/α-hetero) is 1. The summed E-state index contributed by atoms with van der Waals surface area (Å²) in [5, 5.41) is 0.542. The minimum Gasteiger partial charge on any atom is -0.451 e. The van der Waals surface area contributed by atoms with Gasteiger partial charge in [-0.25, -0.2) is 4.79 Å². The van der Waals surface area contributed by atoms with Crippen molar-refractivity contribution in [2.75, 3.05) is 0 Å². The van der Waals surface area contributed by atoms with E-state index in [1.807, 2.05) is 25.1 Å². The van der Waals surface area contributed by atoms with Gasteiger partial charge >= 0.3 is 5.97 Å². The van der Waals surface area contributed by atoms with Crippen molar-refractivity contribution in [1.29, 1.82) is 0 Å². The largest absolute Gasteiger partial charge is 0.451 e. The highest BCUT2D eigenvalue weighted by Gasteiger charge is 2.18. The van der Waals surface area contributed by atoms with Gasteiger partial charge in [-0.1, -0.05) is 59.6 Å². The van der Waals surface area contributed by atoms with Gasteiger partial charge in [0, 0.05) is 16.7 Å². The van der Waals surface area contributed by atoms with Crippen molar-refractivity contribution in [3.63, 3.8) is 0 Å². The molecule has 0 aliphatic rings. The Morgan fingerprint density at radius 1 is 1.09 bits per heavy atom. The lowest BCUT2D eigenvalue weighted by Gasteiger charge is -2.11. The zero-order valence-electron chi connectivity index (χ0n) is 13.0. The molecule has 0 radical (unpaired) electrons. The average molecular weight is 329 g/mol. The highest BCUT2D eigenvalue weighted by molar-refractivity contribution is 6.32. The molecule has 23 heavy (non-hydrogen) atoms. The van der Waals surface area contributed by atoms with E-state index in [2.05, 4.69) is 0 Å². The molecule has 0 fully saturated rings. The molecule has 0 saturated carbocycles. The standard InChI is InChI=1S/C19H17ClO3/c1-13-7-9-16(10-8-13)19(22)14(2)23-18(21)12-11-15-5-3-4-6-17(15)20/h3-12,14H,1-2H3/b12-11+/t14-/m0/s1. The monoisotopic (exact) mass is 328 g/mol. The van der Waals surface area contributed by atoms with Gasteiger partial charge in [0.2, 0.25) is 5.78 Å². The number of carbonyl (C=O) groups is 2. The van der Waals surface area contributed by atoms with Crippen LogP contribution in [-0.2, 0) is 9.53 Å². The molecule has 0 aliphatic carbocycles. The van der Waals surface area contributed by atoms with Crippen LogP contribution in [0.1, 0.15) is 28.4 Å². The molecule has 118 valence electrons. The average Bonchev–Trinajstić information content (AvgIpc) is 2.54. The molecule has 0 N–H and O–H groups in total. The van der Waals surface area contributed by atoms with Crippen molar-refractivity contribution >= 4 is 29.4 Å². The second-order valence-electron chi connectivity index (χ2n) is 5.16. The zero-order valence-corrected chi connectivity index (χ0v) is 13.7. The minimum atomic E-state index is -0.846. The summed E-state index contributed by atoms with van der Waals surface area (Å²) in [7, 11) is 0. The third-order valence-corrected chi connectivity index (χ3v) is 3.65. The van der Waals surface area contributed by atoms with Crippen LogP contribution in [0.2, 0.25) is 5.02 Å². The summed E-state index contributed by atoms with van der Waals surface area (Å²) in [6, 6.07) is 14.3. The molecule has 0 spiro atoms. The molecular formula is C19H17ClO3. The Balaban J connectivity index is 1.98. The Morgan fingerprint density at radius 2 is 1.74 bits per heavy atom. The fraction of sp³-hybridized carbons (Fsp3) is 0.158. The van der Waals surface area contributed by atoms with Gasteiger partial charge in [-0.3, -0.25) is 4.79 Å². The molecule has 0 amide bonds. The van der Waals surface area contributed by atoms with Gasteiger partial charge in [0.25, 0.3) is 0 Å². The van der Waals surface area contributed by atoms with E-state index in [1.165, 1.54) is 6.08 Å². The van der Waals surface area contributed by atoms with Gasteiger partial charge in [0.15, 0.2) is 6.10 Å². The van der Waals surface area contributed by atoms with Gasteiger partial charge in [-0.15, -0.1) is 0 Å². The lowest BCUT2D eigenvalue weighted by Crippen LogP contribution is -2.23. The predicted molar refractivity (Wildman–Crippen MR) is 91.5 cm³/mol. The molecule has 2 aromatic carbocycles. The maximum Gasteiger partial charge on any atom is 0.331 e. The predicted octanol–water partition coefficient (Wildman–Crippen LogP) is 4.48. The molecule has 0 unspecified atom stereocenters. The van der Waals surface area contributed by atoms with Gasteiger partial charge in [-0.2, -0.15) is 0 Å². The molecular weight excluding hydrogens is 312 g/mol. The van der Waals surface area contributed by atoms with Gasteiger partial charge in [0.05, 0.1) is 0 Å². The van der Waals surface area contributed by atoms with Crippen LogP contribution in [-0.4, -0.2) is 17.9 Å². The quantitative estimate of drug-likeness (QED) is 0.462. The van der Waals surface area contributed by atoms with Crippen LogP contribution in [0.5, 0.6) is 0 Å². The van der Waals surface area contributed by atoms with E-state index in [-0.39, 0.29) is 5.78 Å². The van der Waals surface area contributed by atoms with E-state index in [9.17, 15) is 9.59 Å². The second-order valence-corrected chi connectivity index (χ2v) is 5.57. The Bertz CT molecular complexity index is 733. The first kappa shape index (κ1) is 17.0. The molecule has 0 bridgehead atoms. The van der Waals surface area contributed by atoms with Gasteiger partial charge in [0.1, 0.15) is 0 Å². The summed E-state index contributed by atoms with van der Waals surface area (Å²) in [5.41, 5.74) is 2.29. The number of hydrogen-bond donors (Lipinski definition) is 0. The number of ether oxygens (including phenoxy) is 1. The molecule has 0 saturated heterocycles. The van der Waals surface area contributed by atoms with Crippen LogP contribution < -0.4 is 0 Å². The molecule has 2 rings (SSSR count). The van der Waals surface area contributed by atoms with Crippen LogP contribution in [0.3, 0.4) is 0 Å². The molecule has 4 heteroatoms. The van der Waals surface area contributed by atoms with Crippen LogP contribution in [0.15, 0.2) is 54.6 Å². The fourth-order valence-electron chi connectivity index (χ4n) is 1.99. The van der Waals surface area contributed by atoms with Crippen LogP contribution in [0.4, 0.5) is 0 Å². The van der Waals surface area contributed by atoms with Crippen molar-refractivity contribution in [2.24, 2.45) is 0 Å². The van der Waals surface area contributed by atoms with Crippen LogP contribution in [0.25, 0.3) is 6.08 Å². The van der Waals surface area contributed by atoms with E-state index < -0.39 is 12.1 Å². The Kier molecular flexibility index (Phi) is 5.72. The normalized spacial score (nSPS) is 12.1. The highest BCUT2D eigenvalue weighted by Crippen LogP contribution is 2.16. The van der Waals surface area contributed by atoms with E-state index in [1.54, 1.807) is 43.3 Å². The first-order valence-corrected chi connectivity index (χ1v) is 7.59. The van der Waals surface area contributed by atoms with Gasteiger partial charge in [-0.05, 0) is 31.6 Å². The Morgan fingerprint density at radius 3 is 2.39 bits per heavy atom. The number of halogens is 1. The molecule has 2 aromatic rings. The van der Waals surface area contributed by atoms with E-state index >= 15 is 0 Å². The molecule has 0 aliphatic heterocycles. The first-order chi connectivity index (χ1) is 11.0. The molecule has 3 nitrogen and oxygen atoms in total. The second kappa shape index (κ2) is 7.75. The number of esters is 1. The smallest absolute Gasteiger partial charge is 0.331 e. The molecule has 1 atom stereocenters. The van der Waals surface area contributed by atoms with E-state index in [4.69, 9.17) is 16.3 Å². The Hall–Kier alpha value is -2.39. The maximum absolute atomic E-state index is 12.2. The number of aryl methyl sites for hydroxylation is 1. The lowest BCUT2D eigenvalue weighted by atomic mass is 10.1. The summed E-state index contributed by atoms with van der Waals surface area (Å²) in [4.78, 5) is 24.0. The van der Waals surface area contributed by atoms with Gasteiger partial charge < -0.3 is 4.74 Å². The van der Waals surface area contributed by atoms with E-state index in [0.29, 0.717) is 16.1 Å². The van der Waals surface area contributed by atoms with Crippen molar-refractivity contribution < 1.29 is 14.3 Å². The SMILES string of the molecule is Cc1ccc(C(=O)[C@H](C)OC(=O)/C=C/c2ccccc2Cl)cc1. The zero-order chi connectivity index (χ0) is 16.8. The lowest BCUT2D eigenvalue weighted by molar-refractivity contribution is -0.140. The highest BCUT2D eigenvalue weighted by atomic mass is 35.5. The van der Waals surface area contributed by atoms with Crippen molar-refractivity contribution in [2.45, 2.75) is 20.0 Å². The summed E-state index contributed by atoms with van der Waals surface area (Å²) in [6.07, 6.45) is 1.98. The van der Waals surface area contributed by atoms with Crippen LogP contribution >= 0.6 is 11.6 Å². The van der Waals surface area contributed by atoms with Crippen molar-refractivity contribution in [3.05, 3.63) is 76.3 Å². The third-order valence-electron chi connectivity index (χ3n) is 3.30. The first-order valence-electron chi connectivity index (χ1n) is 7.21. The van der Waals surface area contributed by atoms with E-state index in [0.717, 1.165) is 5.56 Å². The molecule has 0 aromatic heterocycles. The van der Waals surface area contributed by atoms with Crippen LogP contribution in [0, 0.1) is 6.92 Å². The number of hydrogen-bond acceptors (Lipinski definition) is 3. The summed E-state index contributed by atoms with van der Waals surface area (Å²) in [5.74, 6) is -0.817. The molecule has 0 heterocycles. The Labute approximate surface area is 140 Å². The number of rotatable bonds is 5. The van der Waals surface area contributed by atoms with Crippen molar-refractivity contribution in [3.8, 4) is 0 Å². The summed E-state index contributed by atoms with van der Waals surface area (Å²) >= 11 is 6.00. The number of benzene rings is 2. The van der Waals surface area contributed by atoms with Crippen molar-refractivity contribution in [1.82, 2.24) is 0 Å².